The van der Waals surface area contributed by atoms with E-state index in [1.807, 2.05) is 0 Å². The molecule has 0 saturated carbocycles. The summed E-state index contributed by atoms with van der Waals surface area (Å²) in [6.07, 6.45) is 0.376. The predicted molar refractivity (Wildman–Crippen MR) is 37.5 cm³/mol. The molecule has 0 fully saturated rings. The lowest BCUT2D eigenvalue weighted by Gasteiger charge is -2.08. The van der Waals surface area contributed by atoms with Crippen molar-refractivity contribution < 1.29 is 10.2 Å². The van der Waals surface area contributed by atoms with Crippen LogP contribution in [-0.4, -0.2) is 28.3 Å². The Morgan fingerprint density at radius 3 is 2.44 bits per heavy atom. The third-order valence-electron chi connectivity index (χ3n) is 0.964. The van der Waals surface area contributed by atoms with Crippen LogP contribution in [0.2, 0.25) is 0 Å². The first-order chi connectivity index (χ1) is 4.20. The lowest BCUT2D eigenvalue weighted by atomic mass is 10.2. The smallest absolute Gasteiger partial charge is 0.0743 e. The molecule has 0 spiro atoms. The minimum absolute atomic E-state index is 0.158. The molecular weight excluding hydrogens is 140 g/mol. The molecule has 2 atom stereocenters. The fraction of sp³-hybridized carbons (Fsp3) is 0.667. The highest BCUT2D eigenvalue weighted by atomic mass is 35.5. The summed E-state index contributed by atoms with van der Waals surface area (Å²) in [5.41, 5.74) is 0. The van der Waals surface area contributed by atoms with E-state index >= 15 is 0 Å². The van der Waals surface area contributed by atoms with Crippen LogP contribution in [0.5, 0.6) is 0 Å². The van der Waals surface area contributed by atoms with Gasteiger partial charge in [-0.2, -0.15) is 0 Å². The molecule has 2 N–H and O–H groups in total. The van der Waals surface area contributed by atoms with Gasteiger partial charge >= 0.3 is 0 Å². The zero-order chi connectivity index (χ0) is 7.28. The normalized spacial score (nSPS) is 16.8. The third kappa shape index (κ3) is 4.45. The molecule has 0 saturated heterocycles. The topological polar surface area (TPSA) is 40.5 Å². The number of rotatable bonds is 4. The first kappa shape index (κ1) is 8.95. The van der Waals surface area contributed by atoms with Gasteiger partial charge in [-0.05, 0) is 0 Å². The third-order valence-corrected chi connectivity index (χ3v) is 1.32. The van der Waals surface area contributed by atoms with Crippen LogP contribution < -0.4 is 0 Å². The van der Waals surface area contributed by atoms with E-state index in [1.165, 1.54) is 6.08 Å². The van der Waals surface area contributed by atoms with Crippen LogP contribution >= 0.6 is 11.6 Å². The summed E-state index contributed by atoms with van der Waals surface area (Å²) in [4.78, 5) is 0. The molecule has 0 unspecified atom stereocenters. The van der Waals surface area contributed by atoms with Crippen molar-refractivity contribution in [3.8, 4) is 0 Å². The fourth-order valence-corrected chi connectivity index (χ4v) is 0.564. The Morgan fingerprint density at radius 1 is 1.56 bits per heavy atom. The number of halogens is 1. The van der Waals surface area contributed by atoms with Crippen molar-refractivity contribution in [2.75, 3.05) is 5.88 Å². The quantitative estimate of drug-likeness (QED) is 0.453. The fourth-order valence-electron chi connectivity index (χ4n) is 0.438. The highest BCUT2D eigenvalue weighted by Crippen LogP contribution is 1.99. The predicted octanol–water partition coefficient (Wildman–Crippen LogP) is 0.523. The zero-order valence-corrected chi connectivity index (χ0v) is 5.88. The van der Waals surface area contributed by atoms with Crippen molar-refractivity contribution in [3.05, 3.63) is 12.7 Å². The lowest BCUT2D eigenvalue weighted by molar-refractivity contribution is 0.119. The molecule has 54 valence electrons. The van der Waals surface area contributed by atoms with Crippen molar-refractivity contribution in [2.24, 2.45) is 0 Å². The van der Waals surface area contributed by atoms with E-state index in [1.54, 1.807) is 0 Å². The highest BCUT2D eigenvalue weighted by molar-refractivity contribution is 6.18. The first-order valence-electron chi connectivity index (χ1n) is 2.75. The number of aliphatic hydroxyl groups excluding tert-OH is 2. The van der Waals surface area contributed by atoms with Gasteiger partial charge in [0.2, 0.25) is 0 Å². The number of aliphatic hydroxyl groups is 2. The van der Waals surface area contributed by atoms with E-state index in [0.717, 1.165) is 0 Å². The molecular formula is C6H11ClO2. The second-order valence-corrected chi connectivity index (χ2v) is 2.16. The molecule has 0 rings (SSSR count). The van der Waals surface area contributed by atoms with E-state index < -0.39 is 12.2 Å². The van der Waals surface area contributed by atoms with Crippen LogP contribution in [0.4, 0.5) is 0 Å². The summed E-state index contributed by atoms with van der Waals surface area (Å²) in [5.74, 6) is 0.158. The molecule has 2 nitrogen and oxygen atoms in total. The van der Waals surface area contributed by atoms with Gasteiger partial charge in [0.1, 0.15) is 0 Å². The Bertz CT molecular complexity index is 85.1. The van der Waals surface area contributed by atoms with Crippen LogP contribution in [0.15, 0.2) is 12.7 Å². The van der Waals surface area contributed by atoms with Gasteiger partial charge in [0, 0.05) is 12.3 Å². The van der Waals surface area contributed by atoms with E-state index in [9.17, 15) is 0 Å². The van der Waals surface area contributed by atoms with Crippen LogP contribution in [-0.2, 0) is 0 Å². The van der Waals surface area contributed by atoms with Crippen molar-refractivity contribution in [1.82, 2.24) is 0 Å². The largest absolute Gasteiger partial charge is 0.392 e. The van der Waals surface area contributed by atoms with Crippen molar-refractivity contribution in [2.45, 2.75) is 18.6 Å². The van der Waals surface area contributed by atoms with E-state index in [-0.39, 0.29) is 12.3 Å². The van der Waals surface area contributed by atoms with Gasteiger partial charge < -0.3 is 10.2 Å². The van der Waals surface area contributed by atoms with Gasteiger partial charge in [-0.15, -0.1) is 18.2 Å². The molecule has 0 aromatic heterocycles. The summed E-state index contributed by atoms with van der Waals surface area (Å²) in [6, 6.07) is 0. The molecule has 0 heterocycles. The molecule has 0 radical (unpaired) electrons. The molecule has 0 amide bonds. The van der Waals surface area contributed by atoms with Crippen molar-refractivity contribution in [1.29, 1.82) is 0 Å². The Balaban J connectivity index is 3.33. The van der Waals surface area contributed by atoms with E-state index in [2.05, 4.69) is 6.58 Å². The Morgan fingerprint density at radius 2 is 2.11 bits per heavy atom. The number of alkyl halides is 1. The average molecular weight is 151 g/mol. The summed E-state index contributed by atoms with van der Waals surface area (Å²) >= 11 is 5.26. The monoisotopic (exact) mass is 150 g/mol. The zero-order valence-electron chi connectivity index (χ0n) is 5.13. The Labute approximate surface area is 59.8 Å². The Kier molecular flexibility index (Phi) is 4.77. The van der Waals surface area contributed by atoms with Crippen molar-refractivity contribution >= 4 is 11.6 Å². The average Bonchev–Trinajstić information content (AvgIpc) is 1.87. The van der Waals surface area contributed by atoms with Crippen LogP contribution in [0.1, 0.15) is 6.42 Å². The minimum Gasteiger partial charge on any atom is -0.392 e. The summed E-state index contributed by atoms with van der Waals surface area (Å²) < 4.78 is 0. The van der Waals surface area contributed by atoms with E-state index in [0.29, 0.717) is 0 Å². The van der Waals surface area contributed by atoms with Crippen molar-refractivity contribution in [3.63, 3.8) is 0 Å². The van der Waals surface area contributed by atoms with Gasteiger partial charge in [-0.25, -0.2) is 0 Å². The second-order valence-electron chi connectivity index (χ2n) is 1.85. The molecule has 0 aromatic rings. The Hall–Kier alpha value is -0.0500. The minimum atomic E-state index is -0.640. The van der Waals surface area contributed by atoms with Gasteiger partial charge in [-0.1, -0.05) is 6.08 Å². The standard InChI is InChI=1S/C6H11ClO2/c1-2-5(8)3-6(9)4-7/h2,5-6,8-9H,1,3-4H2/t5-,6-/m0/s1. The maximum Gasteiger partial charge on any atom is 0.0743 e. The lowest BCUT2D eigenvalue weighted by Crippen LogP contribution is -2.16. The maximum absolute atomic E-state index is 8.82. The SMILES string of the molecule is C=C[C@H](O)C[C@H](O)CCl. The summed E-state index contributed by atoms with van der Waals surface area (Å²) in [5, 5.41) is 17.6. The number of hydrogen-bond donors (Lipinski definition) is 2. The second kappa shape index (κ2) is 4.79. The highest BCUT2D eigenvalue weighted by Gasteiger charge is 2.06. The van der Waals surface area contributed by atoms with E-state index in [4.69, 9.17) is 21.8 Å². The van der Waals surface area contributed by atoms with Gasteiger partial charge in [0.15, 0.2) is 0 Å². The van der Waals surface area contributed by atoms with Crippen LogP contribution in [0.25, 0.3) is 0 Å². The van der Waals surface area contributed by atoms with Gasteiger partial charge in [0.05, 0.1) is 12.2 Å². The molecule has 0 aliphatic carbocycles. The first-order valence-corrected chi connectivity index (χ1v) is 3.28. The summed E-state index contributed by atoms with van der Waals surface area (Å²) in [6.45, 7) is 3.34. The summed E-state index contributed by atoms with van der Waals surface area (Å²) in [7, 11) is 0. The molecule has 0 aliphatic heterocycles. The maximum atomic E-state index is 8.82. The molecule has 0 aliphatic rings. The van der Waals surface area contributed by atoms with Crippen LogP contribution in [0, 0.1) is 0 Å². The van der Waals surface area contributed by atoms with Gasteiger partial charge in [-0.3, -0.25) is 0 Å². The molecule has 9 heavy (non-hydrogen) atoms. The number of hydrogen-bond acceptors (Lipinski definition) is 2. The van der Waals surface area contributed by atoms with Crippen LogP contribution in [0.3, 0.4) is 0 Å². The van der Waals surface area contributed by atoms with Gasteiger partial charge in [0.25, 0.3) is 0 Å². The molecule has 0 bridgehead atoms. The molecule has 0 aromatic carbocycles. The molecule has 3 heteroatoms.